The number of carboxylic acid groups (broad SMARTS) is 1. The Morgan fingerprint density at radius 2 is 2.14 bits per heavy atom. The molecule has 2 unspecified atom stereocenters. The number of rotatable bonds is 13. The molecule has 0 aliphatic carbocycles. The maximum Gasteiger partial charge on any atom is 0.303 e. The highest BCUT2D eigenvalue weighted by atomic mass is 19.1. The van der Waals surface area contributed by atoms with Crippen molar-refractivity contribution in [3.8, 4) is 5.75 Å². The maximum atomic E-state index is 15.5. The number of pyridine rings is 1. The van der Waals surface area contributed by atoms with E-state index in [1.54, 1.807) is 31.9 Å². The van der Waals surface area contributed by atoms with E-state index in [1.165, 1.54) is 5.56 Å². The summed E-state index contributed by atoms with van der Waals surface area (Å²) in [6.45, 7) is 2.91. The summed E-state index contributed by atoms with van der Waals surface area (Å²) in [5, 5.41) is 10.1. The number of furan rings is 1. The lowest BCUT2D eigenvalue weighted by Crippen LogP contribution is -2.41. The van der Waals surface area contributed by atoms with Gasteiger partial charge in [-0.05, 0) is 111 Å². The molecule has 1 aromatic carbocycles. The second kappa shape index (κ2) is 12.9. The summed E-state index contributed by atoms with van der Waals surface area (Å²) in [5.41, 5.74) is 2.64. The van der Waals surface area contributed by atoms with Crippen molar-refractivity contribution in [2.75, 3.05) is 26.7 Å². The van der Waals surface area contributed by atoms with Crippen LogP contribution in [0.1, 0.15) is 62.2 Å². The first-order chi connectivity index (χ1) is 17.5. The Balaban J connectivity index is 1.33. The van der Waals surface area contributed by atoms with E-state index in [4.69, 9.17) is 9.15 Å². The van der Waals surface area contributed by atoms with Gasteiger partial charge in [0.15, 0.2) is 0 Å². The molecular weight excluding hydrogens is 459 g/mol. The van der Waals surface area contributed by atoms with Crippen LogP contribution in [0.15, 0.2) is 53.5 Å². The highest BCUT2D eigenvalue weighted by Gasteiger charge is 2.30. The number of benzene rings is 1. The van der Waals surface area contributed by atoms with Gasteiger partial charge < -0.3 is 19.2 Å². The van der Waals surface area contributed by atoms with E-state index in [0.29, 0.717) is 30.1 Å². The highest BCUT2D eigenvalue weighted by molar-refractivity contribution is 5.83. The number of aromatic nitrogens is 1. The van der Waals surface area contributed by atoms with Crippen molar-refractivity contribution < 1.29 is 23.4 Å². The molecule has 2 aromatic heterocycles. The first-order valence-corrected chi connectivity index (χ1v) is 13.1. The van der Waals surface area contributed by atoms with Crippen LogP contribution in [0.4, 0.5) is 4.39 Å². The number of halogens is 1. The fourth-order valence-corrected chi connectivity index (χ4v) is 5.54. The van der Waals surface area contributed by atoms with Crippen molar-refractivity contribution in [2.45, 2.75) is 57.5 Å². The summed E-state index contributed by atoms with van der Waals surface area (Å²) in [7, 11) is 1.60. The van der Waals surface area contributed by atoms with Crippen molar-refractivity contribution in [1.29, 1.82) is 0 Å². The third-order valence-corrected chi connectivity index (χ3v) is 7.59. The van der Waals surface area contributed by atoms with Gasteiger partial charge in [0.05, 0.1) is 25.2 Å². The molecule has 1 fully saturated rings. The van der Waals surface area contributed by atoms with Crippen LogP contribution in [0.5, 0.6) is 5.75 Å². The van der Waals surface area contributed by atoms with Gasteiger partial charge in [0.1, 0.15) is 11.9 Å². The average molecular weight is 497 g/mol. The van der Waals surface area contributed by atoms with Crippen molar-refractivity contribution in [3.63, 3.8) is 0 Å². The highest BCUT2D eigenvalue weighted by Crippen LogP contribution is 2.36. The number of aliphatic carboxylic acids is 1. The third-order valence-electron chi connectivity index (χ3n) is 7.59. The zero-order chi connectivity index (χ0) is 25.3. The fourth-order valence-electron chi connectivity index (χ4n) is 5.54. The van der Waals surface area contributed by atoms with Gasteiger partial charge in [-0.1, -0.05) is 0 Å². The summed E-state index contributed by atoms with van der Waals surface area (Å²) in [4.78, 5) is 18.1. The van der Waals surface area contributed by atoms with Crippen molar-refractivity contribution in [1.82, 2.24) is 9.88 Å². The predicted molar refractivity (Wildman–Crippen MR) is 138 cm³/mol. The first kappa shape index (κ1) is 26.1. The van der Waals surface area contributed by atoms with Crippen molar-refractivity contribution in [2.24, 2.45) is 11.8 Å². The monoisotopic (exact) mass is 496 g/mol. The first-order valence-electron chi connectivity index (χ1n) is 13.1. The summed E-state index contributed by atoms with van der Waals surface area (Å²) < 4.78 is 26.0. The molecule has 3 aromatic rings. The van der Waals surface area contributed by atoms with E-state index < -0.39 is 12.1 Å². The number of carbonyl (C=O) groups is 1. The summed E-state index contributed by atoms with van der Waals surface area (Å²) in [6.07, 6.45) is 10.3. The lowest BCUT2D eigenvalue weighted by Gasteiger charge is -2.39. The average Bonchev–Trinajstić information content (AvgIpc) is 3.42. The van der Waals surface area contributed by atoms with E-state index in [-0.39, 0.29) is 12.3 Å². The number of hydrogen-bond acceptors (Lipinski definition) is 5. The Kier molecular flexibility index (Phi) is 9.34. The number of ether oxygens (including phenoxy) is 1. The molecule has 0 radical (unpaired) electrons. The number of unbranched alkanes of at least 4 members (excludes halogenated alkanes) is 1. The van der Waals surface area contributed by atoms with Crippen molar-refractivity contribution >= 4 is 16.9 Å². The Labute approximate surface area is 212 Å². The standard InChI is InChI=1S/C29H37FN2O4/c1-35-24-7-9-28-26(18-24)25(11-14-31-28)27(30)8-5-22-12-16-32(19-23(22)6-10-29(33)34)15-3-2-4-21-13-17-36-20-21/h7,9,11,13-14,17-18,20,22-23,27H,2-6,8,10,12,15-16,19H2,1H3,(H,33,34)/t22?,23?,27-/m0/s1. The molecule has 0 bridgehead atoms. The number of aryl methyl sites for hydroxylation is 1. The molecule has 1 aliphatic heterocycles. The van der Waals surface area contributed by atoms with E-state index in [0.717, 1.165) is 62.6 Å². The predicted octanol–water partition coefficient (Wildman–Crippen LogP) is 6.45. The van der Waals surface area contributed by atoms with Crippen LogP contribution in [0.2, 0.25) is 0 Å². The summed E-state index contributed by atoms with van der Waals surface area (Å²) >= 11 is 0. The zero-order valence-corrected chi connectivity index (χ0v) is 21.1. The lowest BCUT2D eigenvalue weighted by molar-refractivity contribution is -0.137. The van der Waals surface area contributed by atoms with Gasteiger partial charge >= 0.3 is 5.97 Å². The second-order valence-corrected chi connectivity index (χ2v) is 9.96. The molecule has 0 saturated carbocycles. The molecule has 1 N–H and O–H groups in total. The number of carboxylic acids is 1. The molecule has 1 aliphatic rings. The Bertz CT molecular complexity index is 1100. The van der Waals surface area contributed by atoms with Crippen LogP contribution in [0, 0.1) is 11.8 Å². The number of fused-ring (bicyclic) bond motifs is 1. The third kappa shape index (κ3) is 7.06. The topological polar surface area (TPSA) is 75.8 Å². The Hall–Kier alpha value is -2.93. The van der Waals surface area contributed by atoms with Gasteiger partial charge in [0.2, 0.25) is 0 Å². The SMILES string of the molecule is COc1ccc2nccc([C@@H](F)CCC3CCN(CCCCc4ccoc4)CC3CCC(=O)O)c2c1. The van der Waals surface area contributed by atoms with E-state index >= 15 is 4.39 Å². The minimum atomic E-state index is -1.09. The second-order valence-electron chi connectivity index (χ2n) is 9.96. The van der Waals surface area contributed by atoms with Gasteiger partial charge in [0, 0.05) is 24.5 Å². The van der Waals surface area contributed by atoms with Crippen LogP contribution in [-0.2, 0) is 11.2 Å². The molecule has 7 heteroatoms. The fraction of sp³-hybridized carbons (Fsp3) is 0.517. The Morgan fingerprint density at radius 1 is 1.25 bits per heavy atom. The molecule has 6 nitrogen and oxygen atoms in total. The van der Waals surface area contributed by atoms with E-state index in [1.807, 2.05) is 24.3 Å². The molecular formula is C29H37FN2O4. The van der Waals surface area contributed by atoms with E-state index in [9.17, 15) is 9.90 Å². The normalized spacial score (nSPS) is 19.4. The molecule has 1 saturated heterocycles. The molecule has 0 amide bonds. The minimum absolute atomic E-state index is 0.170. The number of piperidine rings is 1. The van der Waals surface area contributed by atoms with Crippen LogP contribution >= 0.6 is 0 Å². The molecule has 0 spiro atoms. The maximum absolute atomic E-state index is 15.5. The van der Waals surface area contributed by atoms with Gasteiger partial charge in [-0.2, -0.15) is 0 Å². The molecule has 3 heterocycles. The Morgan fingerprint density at radius 3 is 2.92 bits per heavy atom. The smallest absolute Gasteiger partial charge is 0.303 e. The number of likely N-dealkylation sites (tertiary alicyclic amines) is 1. The van der Waals surface area contributed by atoms with Gasteiger partial charge in [-0.3, -0.25) is 9.78 Å². The van der Waals surface area contributed by atoms with Crippen LogP contribution in [0.25, 0.3) is 10.9 Å². The number of nitrogens with zero attached hydrogens (tertiary/aromatic N) is 2. The number of hydrogen-bond donors (Lipinski definition) is 1. The number of alkyl halides is 1. The van der Waals surface area contributed by atoms with Gasteiger partial charge in [0.25, 0.3) is 0 Å². The lowest BCUT2D eigenvalue weighted by atomic mass is 9.79. The van der Waals surface area contributed by atoms with Crippen LogP contribution < -0.4 is 4.74 Å². The van der Waals surface area contributed by atoms with Crippen LogP contribution in [-0.4, -0.2) is 47.7 Å². The van der Waals surface area contributed by atoms with Crippen LogP contribution in [0.3, 0.4) is 0 Å². The molecule has 3 atom stereocenters. The summed E-state index contributed by atoms with van der Waals surface area (Å²) in [5.74, 6) is 0.555. The molecule has 194 valence electrons. The van der Waals surface area contributed by atoms with Gasteiger partial charge in [-0.25, -0.2) is 4.39 Å². The zero-order valence-electron chi connectivity index (χ0n) is 21.1. The largest absolute Gasteiger partial charge is 0.497 e. The summed E-state index contributed by atoms with van der Waals surface area (Å²) in [6, 6.07) is 9.32. The van der Waals surface area contributed by atoms with Crippen molar-refractivity contribution in [3.05, 3.63) is 60.2 Å². The molecule has 36 heavy (non-hydrogen) atoms. The quantitative estimate of drug-likeness (QED) is 0.274. The molecule has 4 rings (SSSR count). The minimum Gasteiger partial charge on any atom is -0.497 e. The van der Waals surface area contributed by atoms with Gasteiger partial charge in [-0.15, -0.1) is 0 Å². The number of methoxy groups -OCH3 is 1. The van der Waals surface area contributed by atoms with E-state index in [2.05, 4.69) is 9.88 Å².